The quantitative estimate of drug-likeness (QED) is 0.905. The third-order valence-electron chi connectivity index (χ3n) is 4.44. The van der Waals surface area contributed by atoms with Crippen LogP contribution in [-0.4, -0.2) is 20.0 Å². The number of benzene rings is 2. The maximum Gasteiger partial charge on any atom is 0.169 e. The van der Waals surface area contributed by atoms with Crippen LogP contribution in [0.4, 0.5) is 8.78 Å². The van der Waals surface area contributed by atoms with Gasteiger partial charge in [-0.2, -0.15) is 0 Å². The van der Waals surface area contributed by atoms with Crippen LogP contribution in [0, 0.1) is 11.6 Å². The number of rotatable bonds is 2. The highest BCUT2D eigenvalue weighted by atomic mass is 32.2. The molecule has 0 aromatic heterocycles. The first-order valence-corrected chi connectivity index (χ1v) is 8.97. The lowest BCUT2D eigenvalue weighted by molar-refractivity contribution is 0.548. The molecule has 0 fully saturated rings. The Bertz CT molecular complexity index is 910. The van der Waals surface area contributed by atoms with Crippen molar-refractivity contribution in [1.82, 2.24) is 0 Å². The molecule has 2 aromatic carbocycles. The molecule has 4 nitrogen and oxygen atoms in total. The molecule has 0 spiro atoms. The van der Waals surface area contributed by atoms with E-state index in [9.17, 15) is 17.2 Å². The van der Waals surface area contributed by atoms with Crippen molar-refractivity contribution in [2.75, 3.05) is 5.75 Å². The molecule has 7 heteroatoms. The van der Waals surface area contributed by atoms with Gasteiger partial charge in [0, 0.05) is 5.56 Å². The molecular weight excluding hydrogens is 334 g/mol. The third kappa shape index (κ3) is 2.49. The first-order valence-electron chi connectivity index (χ1n) is 7.32. The second kappa shape index (κ2) is 5.66. The Morgan fingerprint density at radius 1 is 1.12 bits per heavy atom. The third-order valence-corrected chi connectivity index (χ3v) is 6.89. The van der Waals surface area contributed by atoms with Gasteiger partial charge in [0.15, 0.2) is 14.6 Å². The van der Waals surface area contributed by atoms with Gasteiger partial charge in [-0.1, -0.05) is 30.3 Å². The van der Waals surface area contributed by atoms with Crippen molar-refractivity contribution in [3.63, 3.8) is 0 Å². The number of amidine groups is 1. The van der Waals surface area contributed by atoms with Crippen LogP contribution in [0.5, 0.6) is 0 Å². The number of sulfone groups is 1. The van der Waals surface area contributed by atoms with Gasteiger partial charge in [-0.3, -0.25) is 4.99 Å². The van der Waals surface area contributed by atoms with Gasteiger partial charge in [-0.25, -0.2) is 17.2 Å². The SMILES string of the molecule is CC1(c2ccc(F)cc2)C(N)=NC(c2ccccc2F)CS1(=O)=O. The van der Waals surface area contributed by atoms with E-state index >= 15 is 0 Å². The Morgan fingerprint density at radius 3 is 2.33 bits per heavy atom. The van der Waals surface area contributed by atoms with Gasteiger partial charge in [0.05, 0.1) is 11.8 Å². The summed E-state index contributed by atoms with van der Waals surface area (Å²) in [5.41, 5.74) is 6.51. The minimum Gasteiger partial charge on any atom is -0.386 e. The predicted molar refractivity (Wildman–Crippen MR) is 88.3 cm³/mol. The highest BCUT2D eigenvalue weighted by molar-refractivity contribution is 7.93. The van der Waals surface area contributed by atoms with Crippen molar-refractivity contribution in [3.05, 3.63) is 71.3 Å². The lowest BCUT2D eigenvalue weighted by Gasteiger charge is -2.35. The van der Waals surface area contributed by atoms with E-state index in [0.717, 1.165) is 0 Å². The fourth-order valence-electron chi connectivity index (χ4n) is 2.86. The molecule has 1 aliphatic rings. The molecule has 2 unspecified atom stereocenters. The van der Waals surface area contributed by atoms with Gasteiger partial charge < -0.3 is 5.73 Å². The first kappa shape index (κ1) is 16.6. The molecule has 2 atom stereocenters. The fourth-order valence-corrected chi connectivity index (χ4v) is 4.73. The molecule has 126 valence electrons. The zero-order valence-corrected chi connectivity index (χ0v) is 13.7. The van der Waals surface area contributed by atoms with Crippen LogP contribution < -0.4 is 5.73 Å². The van der Waals surface area contributed by atoms with Crippen LogP contribution >= 0.6 is 0 Å². The number of hydrogen-bond donors (Lipinski definition) is 1. The normalized spacial score (nSPS) is 26.0. The largest absolute Gasteiger partial charge is 0.386 e. The molecule has 1 heterocycles. The Balaban J connectivity index is 2.13. The van der Waals surface area contributed by atoms with E-state index < -0.39 is 32.3 Å². The van der Waals surface area contributed by atoms with E-state index in [1.165, 1.54) is 49.4 Å². The van der Waals surface area contributed by atoms with Crippen molar-refractivity contribution in [2.45, 2.75) is 17.7 Å². The summed E-state index contributed by atoms with van der Waals surface area (Å²) in [5, 5.41) is 0. The van der Waals surface area contributed by atoms with Gasteiger partial charge in [0.25, 0.3) is 0 Å². The molecule has 0 aliphatic carbocycles. The minimum atomic E-state index is -3.80. The monoisotopic (exact) mass is 350 g/mol. The van der Waals surface area contributed by atoms with Crippen molar-refractivity contribution in [1.29, 1.82) is 0 Å². The van der Waals surface area contributed by atoms with Crippen molar-refractivity contribution < 1.29 is 17.2 Å². The minimum absolute atomic E-state index is 0.131. The molecule has 2 aromatic rings. The van der Waals surface area contributed by atoms with Gasteiger partial charge in [0.1, 0.15) is 17.5 Å². The Hall–Kier alpha value is -2.28. The van der Waals surface area contributed by atoms with Crippen LogP contribution in [0.25, 0.3) is 0 Å². The molecule has 0 saturated carbocycles. The molecule has 0 saturated heterocycles. The Morgan fingerprint density at radius 2 is 1.75 bits per heavy atom. The topological polar surface area (TPSA) is 72.5 Å². The highest BCUT2D eigenvalue weighted by Crippen LogP contribution is 2.39. The molecule has 3 rings (SSSR count). The number of nitrogens with two attached hydrogens (primary N) is 1. The maximum absolute atomic E-state index is 14.0. The summed E-state index contributed by atoms with van der Waals surface area (Å²) in [6, 6.07) is 10.1. The van der Waals surface area contributed by atoms with Crippen molar-refractivity contribution in [2.24, 2.45) is 10.7 Å². The first-order chi connectivity index (χ1) is 11.3. The van der Waals surface area contributed by atoms with Crippen LogP contribution in [0.3, 0.4) is 0 Å². The van der Waals surface area contributed by atoms with E-state index in [2.05, 4.69) is 4.99 Å². The van der Waals surface area contributed by atoms with Gasteiger partial charge in [0.2, 0.25) is 0 Å². The fraction of sp³-hybridized carbons (Fsp3) is 0.235. The summed E-state index contributed by atoms with van der Waals surface area (Å²) < 4.78 is 51.4. The average molecular weight is 350 g/mol. The molecule has 2 N–H and O–H groups in total. The summed E-state index contributed by atoms with van der Waals surface area (Å²) in [4.78, 5) is 4.24. The van der Waals surface area contributed by atoms with Crippen LogP contribution in [0.15, 0.2) is 53.5 Å². The van der Waals surface area contributed by atoms with E-state index in [-0.39, 0.29) is 17.2 Å². The maximum atomic E-state index is 14.0. The zero-order valence-electron chi connectivity index (χ0n) is 12.9. The second-order valence-corrected chi connectivity index (χ2v) is 8.25. The van der Waals surface area contributed by atoms with E-state index in [1.54, 1.807) is 6.07 Å². The van der Waals surface area contributed by atoms with E-state index in [4.69, 9.17) is 5.73 Å². The molecular formula is C17H16F2N2O2S. The highest BCUT2D eigenvalue weighted by Gasteiger charge is 2.49. The number of nitrogens with zero attached hydrogens (tertiary/aromatic N) is 1. The zero-order chi connectivity index (χ0) is 17.5. The summed E-state index contributed by atoms with van der Waals surface area (Å²) in [6.07, 6.45) is 0. The molecule has 24 heavy (non-hydrogen) atoms. The number of halogens is 2. The summed E-state index contributed by atoms with van der Waals surface area (Å²) in [6.45, 7) is 1.44. The molecule has 1 aliphatic heterocycles. The van der Waals surface area contributed by atoms with Crippen LogP contribution in [-0.2, 0) is 14.6 Å². The molecule has 0 amide bonds. The number of aliphatic imine (C=N–C) groups is 1. The summed E-state index contributed by atoms with van der Waals surface area (Å²) in [5.74, 6) is -1.51. The van der Waals surface area contributed by atoms with E-state index in [1.807, 2.05) is 0 Å². The lowest BCUT2D eigenvalue weighted by atomic mass is 9.98. The average Bonchev–Trinajstić information content (AvgIpc) is 2.53. The van der Waals surface area contributed by atoms with Gasteiger partial charge >= 0.3 is 0 Å². The van der Waals surface area contributed by atoms with E-state index in [0.29, 0.717) is 5.56 Å². The standard InChI is InChI=1S/C17H16F2N2O2S/c1-17(11-6-8-12(18)9-7-11)16(20)21-15(10-24(17,22)23)13-4-2-3-5-14(13)19/h2-9,15H,10H2,1H3,(H2,20,21). The van der Waals surface area contributed by atoms with Gasteiger partial charge in [-0.15, -0.1) is 0 Å². The smallest absolute Gasteiger partial charge is 0.169 e. The molecule has 0 bridgehead atoms. The Labute approximate surface area is 138 Å². The van der Waals surface area contributed by atoms with Gasteiger partial charge in [-0.05, 0) is 30.7 Å². The van der Waals surface area contributed by atoms with Crippen LogP contribution in [0.1, 0.15) is 24.1 Å². The summed E-state index contributed by atoms with van der Waals surface area (Å²) >= 11 is 0. The van der Waals surface area contributed by atoms with Crippen LogP contribution in [0.2, 0.25) is 0 Å². The second-order valence-electron chi connectivity index (χ2n) is 5.87. The Kier molecular flexibility index (Phi) is 3.91. The number of hydrogen-bond acceptors (Lipinski definition) is 4. The lowest BCUT2D eigenvalue weighted by Crippen LogP contribution is -2.50. The van der Waals surface area contributed by atoms with Crippen molar-refractivity contribution >= 4 is 15.7 Å². The van der Waals surface area contributed by atoms with Crippen molar-refractivity contribution in [3.8, 4) is 0 Å². The summed E-state index contributed by atoms with van der Waals surface area (Å²) in [7, 11) is -3.80. The molecule has 0 radical (unpaired) electrons. The predicted octanol–water partition coefficient (Wildman–Crippen LogP) is 2.71.